The van der Waals surface area contributed by atoms with E-state index in [0.717, 1.165) is 34.9 Å². The standard InChI is InChI=1S/C20H20ClNO2/c1-24-17-8-5-15(6-9-17)22-16-7-10-18(19(23)12-16)20(22)13-3-2-4-14(21)11-13/h2-6,8-9,11,16,18,20H,7,10,12H2,1H3/t16-,18+,20-/m0/s1. The van der Waals surface area contributed by atoms with Gasteiger partial charge >= 0.3 is 0 Å². The first-order chi connectivity index (χ1) is 11.7. The second-order valence-electron chi connectivity index (χ2n) is 6.61. The zero-order chi connectivity index (χ0) is 16.7. The first-order valence-electron chi connectivity index (χ1n) is 8.38. The maximum atomic E-state index is 12.5. The Kier molecular flexibility index (Phi) is 3.97. The van der Waals surface area contributed by atoms with E-state index in [2.05, 4.69) is 23.1 Å². The van der Waals surface area contributed by atoms with Gasteiger partial charge in [-0.15, -0.1) is 0 Å². The lowest BCUT2D eigenvalue weighted by Gasteiger charge is -2.52. The van der Waals surface area contributed by atoms with Crippen molar-refractivity contribution < 1.29 is 9.53 Å². The number of nitrogens with zero attached hydrogens (tertiary/aromatic N) is 1. The van der Waals surface area contributed by atoms with Crippen LogP contribution in [0.2, 0.25) is 5.02 Å². The highest BCUT2D eigenvalue weighted by molar-refractivity contribution is 6.30. The van der Waals surface area contributed by atoms with E-state index in [1.54, 1.807) is 7.11 Å². The molecule has 2 aromatic rings. The van der Waals surface area contributed by atoms with Crippen molar-refractivity contribution in [3.05, 3.63) is 59.1 Å². The van der Waals surface area contributed by atoms with E-state index in [9.17, 15) is 4.79 Å². The van der Waals surface area contributed by atoms with Crippen LogP contribution in [0, 0.1) is 5.92 Å². The van der Waals surface area contributed by atoms with E-state index in [0.29, 0.717) is 12.2 Å². The number of hydrogen-bond acceptors (Lipinski definition) is 3. The quantitative estimate of drug-likeness (QED) is 0.814. The summed E-state index contributed by atoms with van der Waals surface area (Å²) in [7, 11) is 1.67. The minimum atomic E-state index is 0.0515. The summed E-state index contributed by atoms with van der Waals surface area (Å²) in [5.41, 5.74) is 2.27. The highest BCUT2D eigenvalue weighted by atomic mass is 35.5. The predicted octanol–water partition coefficient (Wildman–Crippen LogP) is 4.65. The number of carbonyl (C=O) groups excluding carboxylic acids is 1. The van der Waals surface area contributed by atoms with Crippen molar-refractivity contribution in [1.82, 2.24) is 0 Å². The van der Waals surface area contributed by atoms with Crippen molar-refractivity contribution in [3.63, 3.8) is 0 Å². The molecule has 124 valence electrons. The maximum Gasteiger partial charge on any atom is 0.140 e. The molecule has 0 amide bonds. The molecule has 3 nitrogen and oxygen atoms in total. The van der Waals surface area contributed by atoms with Crippen molar-refractivity contribution in [2.45, 2.75) is 31.3 Å². The Bertz CT molecular complexity index is 758. The third kappa shape index (κ3) is 2.57. The summed E-state index contributed by atoms with van der Waals surface area (Å²) in [6.45, 7) is 0. The number of rotatable bonds is 3. The summed E-state index contributed by atoms with van der Waals surface area (Å²) in [5, 5.41) is 0.719. The van der Waals surface area contributed by atoms with Crippen molar-refractivity contribution in [3.8, 4) is 5.75 Å². The van der Waals surface area contributed by atoms with Crippen LogP contribution in [0.4, 0.5) is 5.69 Å². The van der Waals surface area contributed by atoms with Crippen LogP contribution in [-0.2, 0) is 4.79 Å². The highest BCUT2D eigenvalue weighted by Gasteiger charge is 2.47. The summed E-state index contributed by atoms with van der Waals surface area (Å²) >= 11 is 6.22. The van der Waals surface area contributed by atoms with Crippen molar-refractivity contribution in [2.24, 2.45) is 5.92 Å². The minimum Gasteiger partial charge on any atom is -0.497 e. The second-order valence-corrected chi connectivity index (χ2v) is 7.05. The molecule has 0 aromatic heterocycles. The fourth-order valence-electron chi connectivity index (χ4n) is 4.22. The number of hydrogen-bond donors (Lipinski definition) is 0. The molecule has 1 saturated carbocycles. The Labute approximate surface area is 147 Å². The van der Waals surface area contributed by atoms with E-state index in [1.165, 1.54) is 0 Å². The Hall–Kier alpha value is -2.00. The van der Waals surface area contributed by atoms with Gasteiger partial charge in [-0.2, -0.15) is 0 Å². The van der Waals surface area contributed by atoms with Gasteiger partial charge in [0, 0.05) is 29.1 Å². The zero-order valence-electron chi connectivity index (χ0n) is 13.6. The van der Waals surface area contributed by atoms with Crippen LogP contribution in [0.1, 0.15) is 30.9 Å². The molecule has 2 aromatic carbocycles. The number of fused-ring (bicyclic) bond motifs is 3. The molecule has 24 heavy (non-hydrogen) atoms. The molecular weight excluding hydrogens is 322 g/mol. The molecule has 5 rings (SSSR count). The molecule has 0 spiro atoms. The summed E-state index contributed by atoms with van der Waals surface area (Å²) in [5.74, 6) is 1.29. The smallest absolute Gasteiger partial charge is 0.140 e. The summed E-state index contributed by atoms with van der Waals surface area (Å²) in [6, 6.07) is 16.4. The molecular formula is C20H20ClNO2. The summed E-state index contributed by atoms with van der Waals surface area (Å²) in [6.07, 6.45) is 2.68. The Morgan fingerprint density at radius 2 is 1.92 bits per heavy atom. The van der Waals surface area contributed by atoms with Crippen LogP contribution in [0.5, 0.6) is 5.75 Å². The van der Waals surface area contributed by atoms with E-state index >= 15 is 0 Å². The molecule has 0 unspecified atom stereocenters. The lowest BCUT2D eigenvalue weighted by Crippen LogP contribution is -2.54. The van der Waals surface area contributed by atoms with Crippen molar-refractivity contribution >= 4 is 23.1 Å². The first kappa shape index (κ1) is 15.5. The van der Waals surface area contributed by atoms with Gasteiger partial charge in [0.25, 0.3) is 0 Å². The largest absolute Gasteiger partial charge is 0.497 e. The van der Waals surface area contributed by atoms with Gasteiger partial charge in [-0.05, 0) is 54.8 Å². The topological polar surface area (TPSA) is 29.5 Å². The van der Waals surface area contributed by atoms with E-state index in [1.807, 2.05) is 30.3 Å². The van der Waals surface area contributed by atoms with E-state index in [-0.39, 0.29) is 18.0 Å². The number of anilines is 1. The van der Waals surface area contributed by atoms with E-state index < -0.39 is 0 Å². The van der Waals surface area contributed by atoms with E-state index in [4.69, 9.17) is 16.3 Å². The van der Waals surface area contributed by atoms with Gasteiger partial charge in [-0.3, -0.25) is 4.79 Å². The van der Waals surface area contributed by atoms with Gasteiger partial charge in [0.15, 0.2) is 0 Å². The van der Waals surface area contributed by atoms with Gasteiger partial charge in [-0.25, -0.2) is 0 Å². The van der Waals surface area contributed by atoms with Crippen LogP contribution >= 0.6 is 11.6 Å². The number of ether oxygens (including phenoxy) is 1. The number of carbonyl (C=O) groups is 1. The summed E-state index contributed by atoms with van der Waals surface area (Å²) < 4.78 is 5.27. The SMILES string of the molecule is COc1ccc(N2[C@H]3CC[C@H](C(=O)C3)[C@@H]2c2cccc(Cl)c2)cc1. The van der Waals surface area contributed by atoms with Gasteiger partial charge in [0.05, 0.1) is 13.2 Å². The van der Waals surface area contributed by atoms with Crippen molar-refractivity contribution in [2.75, 3.05) is 12.0 Å². The number of benzene rings is 2. The molecule has 3 aliphatic rings. The average Bonchev–Trinajstić information content (AvgIpc) is 2.61. The third-order valence-electron chi connectivity index (χ3n) is 5.30. The zero-order valence-corrected chi connectivity index (χ0v) is 14.4. The number of halogens is 1. The van der Waals surface area contributed by atoms with Crippen LogP contribution < -0.4 is 9.64 Å². The molecule has 4 heteroatoms. The number of ketones is 1. The molecule has 1 aliphatic carbocycles. The molecule has 2 bridgehead atoms. The Morgan fingerprint density at radius 1 is 1.12 bits per heavy atom. The molecule has 2 saturated heterocycles. The molecule has 2 aliphatic heterocycles. The first-order valence-corrected chi connectivity index (χ1v) is 8.76. The monoisotopic (exact) mass is 341 g/mol. The summed E-state index contributed by atoms with van der Waals surface area (Å²) in [4.78, 5) is 14.9. The third-order valence-corrected chi connectivity index (χ3v) is 5.53. The number of methoxy groups -OCH3 is 1. The predicted molar refractivity (Wildman–Crippen MR) is 95.8 cm³/mol. The Balaban J connectivity index is 1.78. The number of Topliss-reactive ketones (excluding diaryl/α,β-unsaturated/α-hetero) is 1. The fourth-order valence-corrected chi connectivity index (χ4v) is 4.42. The average molecular weight is 342 g/mol. The lowest BCUT2D eigenvalue weighted by molar-refractivity contribution is -0.128. The lowest BCUT2D eigenvalue weighted by atomic mass is 9.71. The molecule has 3 fully saturated rings. The normalized spacial score (nSPS) is 25.8. The molecule has 0 N–H and O–H groups in total. The van der Waals surface area contributed by atoms with Crippen LogP contribution in [0.15, 0.2) is 48.5 Å². The van der Waals surface area contributed by atoms with Crippen molar-refractivity contribution in [1.29, 1.82) is 0 Å². The van der Waals surface area contributed by atoms with Gasteiger partial charge in [0.1, 0.15) is 11.5 Å². The van der Waals surface area contributed by atoms with Gasteiger partial charge < -0.3 is 9.64 Å². The van der Waals surface area contributed by atoms with Gasteiger partial charge in [-0.1, -0.05) is 23.7 Å². The number of piperidine rings is 2. The van der Waals surface area contributed by atoms with Gasteiger partial charge in [0.2, 0.25) is 0 Å². The van der Waals surface area contributed by atoms with Crippen LogP contribution in [0.25, 0.3) is 0 Å². The second kappa shape index (κ2) is 6.14. The molecule has 3 atom stereocenters. The van der Waals surface area contributed by atoms with Crippen LogP contribution in [-0.4, -0.2) is 18.9 Å². The molecule has 0 radical (unpaired) electrons. The molecule has 2 heterocycles. The maximum absolute atomic E-state index is 12.5. The minimum absolute atomic E-state index is 0.0515. The highest BCUT2D eigenvalue weighted by Crippen LogP contribution is 2.48. The fraction of sp³-hybridized carbons (Fsp3) is 0.350. The Morgan fingerprint density at radius 3 is 2.58 bits per heavy atom. The van der Waals surface area contributed by atoms with Crippen LogP contribution in [0.3, 0.4) is 0 Å².